The Bertz CT molecular complexity index is 1520. The van der Waals surface area contributed by atoms with Crippen LogP contribution in [0.3, 0.4) is 0 Å². The Hall–Kier alpha value is -3.92. The van der Waals surface area contributed by atoms with Gasteiger partial charge in [0.05, 0.1) is 22.5 Å². The Morgan fingerprint density at radius 3 is 1.65 bits per heavy atom. The van der Waals surface area contributed by atoms with Crippen LogP contribution in [0.1, 0.15) is 93.7 Å². The fraction of sp³-hybridized carbons (Fsp3) is 0.385. The number of hydrogen-bond donors (Lipinski definition) is 2. The topological polar surface area (TPSA) is 65.2 Å². The molecule has 0 amide bonds. The van der Waals surface area contributed by atoms with Crippen LogP contribution >= 0.6 is 0 Å². The average molecular weight is 579 g/mol. The maximum atomic E-state index is 9.66. The number of rotatable bonds is 11. The molecule has 228 valence electrons. The van der Waals surface area contributed by atoms with Gasteiger partial charge in [0.1, 0.15) is 11.5 Å². The zero-order chi connectivity index (χ0) is 31.4. The first-order valence-electron chi connectivity index (χ1n) is 16.0. The number of fused-ring (bicyclic) bond motifs is 1. The summed E-state index contributed by atoms with van der Waals surface area (Å²) in [6.07, 6.45) is 10.8. The highest BCUT2D eigenvalue weighted by molar-refractivity contribution is 6.31. The summed E-state index contributed by atoms with van der Waals surface area (Å²) < 4.78 is 0. The molecule has 0 bridgehead atoms. The molecule has 0 unspecified atom stereocenters. The quantitative estimate of drug-likeness (QED) is 0.137. The van der Waals surface area contributed by atoms with Crippen LogP contribution in [-0.4, -0.2) is 22.1 Å². The first-order valence-corrected chi connectivity index (χ1v) is 16.0. The lowest BCUT2D eigenvalue weighted by molar-refractivity contribution is 0.463. The number of aromatic hydroxyl groups is 2. The summed E-state index contributed by atoms with van der Waals surface area (Å²) in [5.41, 5.74) is 10.8. The summed E-state index contributed by atoms with van der Waals surface area (Å²) in [7, 11) is 0. The van der Waals surface area contributed by atoms with Crippen molar-refractivity contribution in [3.05, 3.63) is 94.0 Å². The number of aryl methyl sites for hydroxylation is 6. The fourth-order valence-electron chi connectivity index (χ4n) is 5.51. The molecule has 0 aliphatic rings. The van der Waals surface area contributed by atoms with E-state index in [4.69, 9.17) is 9.98 Å². The maximum absolute atomic E-state index is 9.66. The summed E-state index contributed by atoms with van der Waals surface area (Å²) in [5, 5.41) is 20.7. The van der Waals surface area contributed by atoms with Crippen LogP contribution in [0.25, 0.3) is 10.8 Å². The van der Waals surface area contributed by atoms with Crippen molar-refractivity contribution in [3.63, 3.8) is 0 Å². The van der Waals surface area contributed by atoms with E-state index in [9.17, 15) is 10.2 Å². The second-order valence-corrected chi connectivity index (χ2v) is 11.3. The molecule has 0 spiro atoms. The summed E-state index contributed by atoms with van der Waals surface area (Å²) in [4.78, 5) is 9.76. The van der Waals surface area contributed by atoms with E-state index in [0.29, 0.717) is 5.39 Å². The highest BCUT2D eigenvalue weighted by Crippen LogP contribution is 2.34. The number of nitrogens with zero attached hydrogens (tertiary/aromatic N) is 2. The van der Waals surface area contributed by atoms with Gasteiger partial charge in [-0.1, -0.05) is 71.7 Å². The summed E-state index contributed by atoms with van der Waals surface area (Å²) >= 11 is 0. The zero-order valence-electron chi connectivity index (χ0n) is 27.3. The molecule has 0 atom stereocenters. The van der Waals surface area contributed by atoms with E-state index in [2.05, 4.69) is 71.0 Å². The minimum atomic E-state index is 0.137. The molecular formula is C39H50N2O2. The molecule has 4 nitrogen and oxygen atoms in total. The first-order chi connectivity index (χ1) is 20.7. The number of phenolic OH excluding ortho intramolecular Hbond substituents is 2. The third-order valence-corrected chi connectivity index (χ3v) is 7.87. The summed E-state index contributed by atoms with van der Waals surface area (Å²) in [5.74, 6) is 0.273. The number of hydrogen-bond acceptors (Lipinski definition) is 4. The Morgan fingerprint density at radius 1 is 0.628 bits per heavy atom. The van der Waals surface area contributed by atoms with Gasteiger partial charge < -0.3 is 10.2 Å². The minimum absolute atomic E-state index is 0.137. The standard InChI is InChI=1S/C27H38N2.C12H12O2/c1-6-11-12-13-27(29-26-17-15-22(8-3)24(10-5)19-26)20-28-25-16-14-21(7-2)23(9-4)18-25;1-7-3-9-4-8(2)6-11(14)12(9)10(13)5-7/h14-20H,6-13H2,1-5H3;3-6,13-14H,1-2H3. The highest BCUT2D eigenvalue weighted by atomic mass is 16.3. The largest absolute Gasteiger partial charge is 0.507 e. The number of aliphatic imine (C=N–C) groups is 2. The van der Waals surface area contributed by atoms with Gasteiger partial charge in [-0.25, -0.2) is 0 Å². The molecule has 4 aromatic carbocycles. The lowest BCUT2D eigenvalue weighted by Crippen LogP contribution is -2.00. The van der Waals surface area contributed by atoms with Crippen LogP contribution in [0.15, 0.2) is 70.6 Å². The number of unbranched alkanes of at least 4 members (excludes halogenated alkanes) is 2. The van der Waals surface area contributed by atoms with Gasteiger partial charge in [0.25, 0.3) is 0 Å². The van der Waals surface area contributed by atoms with Gasteiger partial charge in [-0.3, -0.25) is 9.98 Å². The number of benzene rings is 4. The maximum Gasteiger partial charge on any atom is 0.127 e. The lowest BCUT2D eigenvalue weighted by Gasteiger charge is -2.08. The summed E-state index contributed by atoms with van der Waals surface area (Å²) in [6, 6.07) is 20.4. The third-order valence-electron chi connectivity index (χ3n) is 7.87. The molecule has 4 heteroatoms. The Labute approximate surface area is 259 Å². The molecule has 0 fully saturated rings. The highest BCUT2D eigenvalue weighted by Gasteiger charge is 2.07. The van der Waals surface area contributed by atoms with Crippen molar-refractivity contribution in [2.75, 3.05) is 0 Å². The third kappa shape index (κ3) is 9.54. The molecule has 4 rings (SSSR count). The van der Waals surface area contributed by atoms with E-state index >= 15 is 0 Å². The minimum Gasteiger partial charge on any atom is -0.507 e. The second kappa shape index (κ2) is 16.6. The monoisotopic (exact) mass is 578 g/mol. The Morgan fingerprint density at radius 2 is 1.14 bits per heavy atom. The molecule has 0 radical (unpaired) electrons. The molecule has 0 aromatic heterocycles. The van der Waals surface area contributed by atoms with Crippen LogP contribution in [0, 0.1) is 13.8 Å². The van der Waals surface area contributed by atoms with E-state index in [1.807, 2.05) is 32.2 Å². The van der Waals surface area contributed by atoms with Gasteiger partial charge in [0.2, 0.25) is 0 Å². The van der Waals surface area contributed by atoms with E-state index in [1.54, 1.807) is 12.1 Å². The van der Waals surface area contributed by atoms with Gasteiger partial charge in [-0.15, -0.1) is 0 Å². The molecule has 0 heterocycles. The van der Waals surface area contributed by atoms with Crippen LogP contribution in [0.5, 0.6) is 11.5 Å². The van der Waals surface area contributed by atoms with Crippen molar-refractivity contribution in [2.24, 2.45) is 9.98 Å². The van der Waals surface area contributed by atoms with Crippen LogP contribution < -0.4 is 0 Å². The van der Waals surface area contributed by atoms with Gasteiger partial charge in [-0.2, -0.15) is 0 Å². The number of phenols is 2. The molecular weight excluding hydrogens is 528 g/mol. The van der Waals surface area contributed by atoms with E-state index in [1.165, 1.54) is 35.1 Å². The molecule has 2 N–H and O–H groups in total. The Balaban J connectivity index is 0.000000299. The first kappa shape index (κ1) is 33.6. The van der Waals surface area contributed by atoms with Crippen molar-refractivity contribution < 1.29 is 10.2 Å². The smallest absolute Gasteiger partial charge is 0.127 e. The molecule has 43 heavy (non-hydrogen) atoms. The fourth-order valence-corrected chi connectivity index (χ4v) is 5.51. The molecule has 0 aliphatic heterocycles. The SMILES string of the molecule is CCCCCC(C=Nc1ccc(CC)c(CC)c1)=Nc1ccc(CC)c(CC)c1.Cc1cc(O)c2c(O)cc(C)cc2c1. The average Bonchev–Trinajstić information content (AvgIpc) is 2.99. The summed E-state index contributed by atoms with van der Waals surface area (Å²) in [6.45, 7) is 14.9. The van der Waals surface area contributed by atoms with Crippen LogP contribution in [0.2, 0.25) is 0 Å². The van der Waals surface area contributed by atoms with E-state index < -0.39 is 0 Å². The van der Waals surface area contributed by atoms with Crippen molar-refractivity contribution in [1.29, 1.82) is 0 Å². The molecule has 0 saturated carbocycles. The molecule has 4 aromatic rings. The van der Waals surface area contributed by atoms with Gasteiger partial charge in [0, 0.05) is 6.21 Å². The van der Waals surface area contributed by atoms with Crippen LogP contribution in [-0.2, 0) is 25.7 Å². The van der Waals surface area contributed by atoms with E-state index in [-0.39, 0.29) is 11.5 Å². The van der Waals surface area contributed by atoms with Crippen molar-refractivity contribution in [2.45, 2.75) is 99.8 Å². The van der Waals surface area contributed by atoms with Gasteiger partial charge in [0.15, 0.2) is 0 Å². The van der Waals surface area contributed by atoms with Gasteiger partial charge >= 0.3 is 0 Å². The molecule has 0 aliphatic carbocycles. The zero-order valence-corrected chi connectivity index (χ0v) is 27.3. The van der Waals surface area contributed by atoms with E-state index in [0.717, 1.165) is 72.1 Å². The van der Waals surface area contributed by atoms with Crippen LogP contribution in [0.4, 0.5) is 11.4 Å². The van der Waals surface area contributed by atoms with Crippen molar-refractivity contribution in [1.82, 2.24) is 0 Å². The van der Waals surface area contributed by atoms with Crippen molar-refractivity contribution in [3.8, 4) is 11.5 Å². The predicted octanol–water partition coefficient (Wildman–Crippen LogP) is 10.9. The molecule has 0 saturated heterocycles. The lowest BCUT2D eigenvalue weighted by atomic mass is 10.0. The predicted molar refractivity (Wildman–Crippen MR) is 187 cm³/mol. The Kier molecular flexibility index (Phi) is 13.0. The second-order valence-electron chi connectivity index (χ2n) is 11.3. The van der Waals surface area contributed by atoms with Gasteiger partial charge in [-0.05, 0) is 128 Å². The normalized spacial score (nSPS) is 11.7. The van der Waals surface area contributed by atoms with Crippen molar-refractivity contribution >= 4 is 34.1 Å².